The fourth-order valence-corrected chi connectivity index (χ4v) is 4.35. The number of carbonyl (C=O) groups is 2. The van der Waals surface area contributed by atoms with Crippen LogP contribution in [-0.2, 0) is 20.9 Å². The van der Waals surface area contributed by atoms with Crippen LogP contribution in [0.2, 0.25) is 5.02 Å². The Kier molecular flexibility index (Phi) is 5.76. The summed E-state index contributed by atoms with van der Waals surface area (Å²) in [6.07, 6.45) is -1.48. The molecule has 0 spiro atoms. The minimum Gasteiger partial charge on any atom is -0.478 e. The maximum absolute atomic E-state index is 14.1. The van der Waals surface area contributed by atoms with Crippen molar-refractivity contribution in [2.24, 2.45) is 0 Å². The largest absolute Gasteiger partial charge is 0.478 e. The summed E-state index contributed by atoms with van der Waals surface area (Å²) in [5.74, 6) is -4.44. The van der Waals surface area contributed by atoms with E-state index in [4.69, 9.17) is 21.1 Å². The lowest BCUT2D eigenvalue weighted by molar-refractivity contribution is -0.147. The molecule has 0 fully saturated rings. The van der Waals surface area contributed by atoms with Gasteiger partial charge in [-0.1, -0.05) is 11.6 Å². The van der Waals surface area contributed by atoms with Gasteiger partial charge in [-0.3, -0.25) is 14.5 Å². The van der Waals surface area contributed by atoms with Crippen LogP contribution in [0.15, 0.2) is 24.3 Å². The van der Waals surface area contributed by atoms with Crippen LogP contribution in [0.1, 0.15) is 18.4 Å². The molecule has 4 rings (SSSR count). The lowest BCUT2D eigenvalue weighted by Crippen LogP contribution is -2.46. The minimum atomic E-state index is -1.32. The molecule has 0 radical (unpaired) electrons. The van der Waals surface area contributed by atoms with E-state index in [0.717, 1.165) is 11.3 Å². The SMILES string of the molecule is CCOC(=O)CC1Oc2ccc(Cl)cc2N(Cc2nc3c(F)cc(F)c(F)c3s2)C1=O. The summed E-state index contributed by atoms with van der Waals surface area (Å²) in [6, 6.07) is 5.01. The topological polar surface area (TPSA) is 68.7 Å². The number of hydrogen-bond acceptors (Lipinski definition) is 6. The number of anilines is 1. The second kappa shape index (κ2) is 8.35. The van der Waals surface area contributed by atoms with E-state index >= 15 is 0 Å². The average molecular weight is 471 g/mol. The van der Waals surface area contributed by atoms with Gasteiger partial charge in [-0.05, 0) is 25.1 Å². The van der Waals surface area contributed by atoms with Crippen molar-refractivity contribution in [3.8, 4) is 5.75 Å². The maximum atomic E-state index is 14.1. The Bertz CT molecular complexity index is 1200. The van der Waals surface area contributed by atoms with E-state index in [1.807, 2.05) is 0 Å². The molecule has 6 nitrogen and oxygen atoms in total. The summed E-state index contributed by atoms with van der Waals surface area (Å²) < 4.78 is 51.9. The third-order valence-corrected chi connectivity index (χ3v) is 5.80. The number of halogens is 4. The molecule has 0 saturated carbocycles. The van der Waals surface area contributed by atoms with E-state index < -0.39 is 35.4 Å². The molecule has 31 heavy (non-hydrogen) atoms. The van der Waals surface area contributed by atoms with Crippen LogP contribution in [0.3, 0.4) is 0 Å². The van der Waals surface area contributed by atoms with Gasteiger partial charge in [-0.15, -0.1) is 11.3 Å². The number of nitrogens with zero attached hydrogens (tertiary/aromatic N) is 2. The highest BCUT2D eigenvalue weighted by molar-refractivity contribution is 7.18. The molecular formula is C20H14ClF3N2O4S. The lowest BCUT2D eigenvalue weighted by atomic mass is 10.1. The highest BCUT2D eigenvalue weighted by atomic mass is 35.5. The highest BCUT2D eigenvalue weighted by Crippen LogP contribution is 2.39. The fourth-order valence-electron chi connectivity index (χ4n) is 3.19. The van der Waals surface area contributed by atoms with Crippen molar-refractivity contribution in [2.75, 3.05) is 11.5 Å². The van der Waals surface area contributed by atoms with Gasteiger partial charge in [0.15, 0.2) is 23.6 Å². The Morgan fingerprint density at radius 2 is 2.06 bits per heavy atom. The molecule has 1 unspecified atom stereocenters. The van der Waals surface area contributed by atoms with Crippen LogP contribution >= 0.6 is 22.9 Å². The van der Waals surface area contributed by atoms with Gasteiger partial charge < -0.3 is 9.47 Å². The molecule has 3 aromatic rings. The van der Waals surface area contributed by atoms with Gasteiger partial charge in [0.2, 0.25) is 0 Å². The second-order valence-corrected chi connectivity index (χ2v) is 8.11. The lowest BCUT2D eigenvalue weighted by Gasteiger charge is -2.33. The number of ether oxygens (including phenoxy) is 2. The number of aromatic nitrogens is 1. The Morgan fingerprint density at radius 1 is 1.29 bits per heavy atom. The molecule has 2 aromatic carbocycles. The summed E-state index contributed by atoms with van der Waals surface area (Å²) in [6.45, 7) is 1.60. The first-order valence-electron chi connectivity index (χ1n) is 9.14. The number of thiazole rings is 1. The maximum Gasteiger partial charge on any atom is 0.310 e. The average Bonchev–Trinajstić information content (AvgIpc) is 3.15. The molecule has 1 aliphatic heterocycles. The van der Waals surface area contributed by atoms with Crippen LogP contribution in [0.4, 0.5) is 18.9 Å². The van der Waals surface area contributed by atoms with Gasteiger partial charge in [0.1, 0.15) is 16.3 Å². The standard InChI is InChI=1S/C20H14ClF3N2O4S/c1-2-29-16(27)7-14-20(28)26(12-5-9(21)3-4-13(12)30-14)8-15-25-18-11(23)6-10(22)17(24)19(18)31-15/h3-6,14H,2,7-8H2,1H3. The molecule has 0 aliphatic carbocycles. The van der Waals surface area contributed by atoms with Crippen LogP contribution in [-0.4, -0.2) is 29.6 Å². The number of fused-ring (bicyclic) bond motifs is 2. The normalized spacial score (nSPS) is 15.7. The minimum absolute atomic E-state index is 0.148. The zero-order valence-electron chi connectivity index (χ0n) is 16.0. The van der Waals surface area contributed by atoms with Crippen LogP contribution < -0.4 is 9.64 Å². The fraction of sp³-hybridized carbons (Fsp3) is 0.250. The van der Waals surface area contributed by atoms with Crippen molar-refractivity contribution in [2.45, 2.75) is 26.0 Å². The number of rotatable bonds is 5. The summed E-state index contributed by atoms with van der Waals surface area (Å²) in [5, 5.41) is 0.488. The molecule has 2 heterocycles. The van der Waals surface area contributed by atoms with Crippen molar-refractivity contribution in [3.63, 3.8) is 0 Å². The van der Waals surface area contributed by atoms with Crippen molar-refractivity contribution >= 4 is 50.7 Å². The van der Waals surface area contributed by atoms with Crippen molar-refractivity contribution in [1.82, 2.24) is 4.98 Å². The van der Waals surface area contributed by atoms with Crippen molar-refractivity contribution < 1.29 is 32.2 Å². The predicted octanol–water partition coefficient (Wildman–Crippen LogP) is 4.61. The second-order valence-electron chi connectivity index (χ2n) is 6.59. The Morgan fingerprint density at radius 3 is 2.81 bits per heavy atom. The Labute approximate surface area is 183 Å². The summed E-state index contributed by atoms with van der Waals surface area (Å²) in [7, 11) is 0. The molecule has 11 heteroatoms. The van der Waals surface area contributed by atoms with Gasteiger partial charge in [0.05, 0.1) is 30.0 Å². The number of amides is 1. The van der Waals surface area contributed by atoms with E-state index in [1.54, 1.807) is 19.1 Å². The van der Waals surface area contributed by atoms with Crippen molar-refractivity contribution in [3.05, 3.63) is 51.7 Å². The Hall–Kier alpha value is -2.85. The monoisotopic (exact) mass is 470 g/mol. The summed E-state index contributed by atoms with van der Waals surface area (Å²) in [4.78, 5) is 30.2. The van der Waals surface area contributed by atoms with Gasteiger partial charge in [0.25, 0.3) is 5.91 Å². The third-order valence-electron chi connectivity index (χ3n) is 4.53. The number of esters is 1. The van der Waals surface area contributed by atoms with Crippen LogP contribution in [0.25, 0.3) is 10.2 Å². The van der Waals surface area contributed by atoms with Crippen LogP contribution in [0.5, 0.6) is 5.75 Å². The van der Waals surface area contributed by atoms with E-state index in [1.165, 1.54) is 11.0 Å². The molecule has 1 atom stereocenters. The summed E-state index contributed by atoms with van der Waals surface area (Å²) >= 11 is 6.78. The van der Waals surface area contributed by atoms with Gasteiger partial charge >= 0.3 is 5.97 Å². The number of hydrogen-bond donors (Lipinski definition) is 0. The molecule has 162 valence electrons. The number of benzene rings is 2. The third kappa shape index (κ3) is 4.05. The first-order chi connectivity index (χ1) is 14.8. The quantitative estimate of drug-likeness (QED) is 0.402. The Balaban J connectivity index is 1.72. The molecule has 0 N–H and O–H groups in total. The van der Waals surface area contributed by atoms with Gasteiger partial charge in [-0.2, -0.15) is 0 Å². The van der Waals surface area contributed by atoms with Crippen LogP contribution in [0, 0.1) is 17.5 Å². The molecule has 1 aliphatic rings. The zero-order chi connectivity index (χ0) is 22.3. The van der Waals surface area contributed by atoms with Gasteiger partial charge in [-0.25, -0.2) is 18.2 Å². The smallest absolute Gasteiger partial charge is 0.310 e. The first kappa shape index (κ1) is 21.4. The molecule has 0 bridgehead atoms. The predicted molar refractivity (Wildman–Crippen MR) is 108 cm³/mol. The molecule has 1 aromatic heterocycles. The van der Waals surface area contributed by atoms with E-state index in [-0.39, 0.29) is 34.8 Å². The molecular weight excluding hydrogens is 457 g/mol. The van der Waals surface area contributed by atoms with Crippen molar-refractivity contribution in [1.29, 1.82) is 0 Å². The zero-order valence-corrected chi connectivity index (χ0v) is 17.5. The summed E-state index contributed by atoms with van der Waals surface area (Å²) in [5.41, 5.74) is -0.0158. The molecule has 1 amide bonds. The first-order valence-corrected chi connectivity index (χ1v) is 10.3. The van der Waals surface area contributed by atoms with Gasteiger partial charge in [0, 0.05) is 11.1 Å². The van der Waals surface area contributed by atoms with E-state index in [2.05, 4.69) is 4.98 Å². The van der Waals surface area contributed by atoms with E-state index in [0.29, 0.717) is 22.5 Å². The molecule has 0 saturated heterocycles. The number of carbonyl (C=O) groups excluding carboxylic acids is 2. The van der Waals surface area contributed by atoms with E-state index in [9.17, 15) is 22.8 Å². The highest BCUT2D eigenvalue weighted by Gasteiger charge is 2.37.